The second-order valence-corrected chi connectivity index (χ2v) is 5.06. The van der Waals surface area contributed by atoms with E-state index >= 15 is 0 Å². The Morgan fingerprint density at radius 2 is 1.58 bits per heavy atom. The first kappa shape index (κ1) is 7.41. The third-order valence-electron chi connectivity index (χ3n) is 4.37. The summed E-state index contributed by atoms with van der Waals surface area (Å²) in [5, 5.41) is 0. The Morgan fingerprint density at radius 3 is 2.17 bits per heavy atom. The zero-order valence-electron chi connectivity index (χ0n) is 7.89. The van der Waals surface area contributed by atoms with Crippen LogP contribution in [0.25, 0.3) is 0 Å². The summed E-state index contributed by atoms with van der Waals surface area (Å²) in [6.45, 7) is 0. The molecule has 0 nitrogen and oxygen atoms in total. The fourth-order valence-electron chi connectivity index (χ4n) is 3.27. The van der Waals surface area contributed by atoms with E-state index in [4.69, 9.17) is 0 Å². The lowest BCUT2D eigenvalue weighted by molar-refractivity contribution is 0.334. The molecule has 3 fully saturated rings. The van der Waals surface area contributed by atoms with Crippen LogP contribution in [0.15, 0.2) is 0 Å². The Bertz CT molecular complexity index is 163. The summed E-state index contributed by atoms with van der Waals surface area (Å²) < 4.78 is 0. The molecule has 0 aromatic carbocycles. The van der Waals surface area contributed by atoms with Crippen LogP contribution in [0.2, 0.25) is 0 Å². The standard InChI is InChI=1S/C12H19/c1-2-5-9(4-1)11-8-12(11)10-6-3-7-10/h9-11H,1-8H2. The van der Waals surface area contributed by atoms with E-state index in [0.29, 0.717) is 0 Å². The average molecular weight is 163 g/mol. The Kier molecular flexibility index (Phi) is 1.70. The van der Waals surface area contributed by atoms with E-state index in [1.807, 2.05) is 5.92 Å². The van der Waals surface area contributed by atoms with Crippen molar-refractivity contribution < 1.29 is 0 Å². The average Bonchev–Trinajstić information content (AvgIpc) is 2.59. The van der Waals surface area contributed by atoms with E-state index in [1.165, 1.54) is 25.7 Å². The summed E-state index contributed by atoms with van der Waals surface area (Å²) in [7, 11) is 0. The van der Waals surface area contributed by atoms with E-state index < -0.39 is 0 Å². The van der Waals surface area contributed by atoms with Crippen LogP contribution in [0.4, 0.5) is 0 Å². The maximum Gasteiger partial charge on any atom is -0.0173 e. The van der Waals surface area contributed by atoms with E-state index in [2.05, 4.69) is 0 Å². The molecule has 0 saturated heterocycles. The highest BCUT2D eigenvalue weighted by molar-refractivity contribution is 5.21. The SMILES string of the molecule is C1CC([C]2CC2C2CCCC2)C1. The lowest BCUT2D eigenvalue weighted by Crippen LogP contribution is -2.14. The van der Waals surface area contributed by atoms with Gasteiger partial charge < -0.3 is 0 Å². The second kappa shape index (κ2) is 2.75. The van der Waals surface area contributed by atoms with Gasteiger partial charge in [0.2, 0.25) is 0 Å². The highest BCUT2D eigenvalue weighted by Gasteiger charge is 2.49. The van der Waals surface area contributed by atoms with E-state index in [9.17, 15) is 0 Å². The van der Waals surface area contributed by atoms with Gasteiger partial charge >= 0.3 is 0 Å². The van der Waals surface area contributed by atoms with Gasteiger partial charge in [-0.3, -0.25) is 0 Å². The van der Waals surface area contributed by atoms with Crippen molar-refractivity contribution >= 4 is 0 Å². The molecule has 0 bridgehead atoms. The van der Waals surface area contributed by atoms with E-state index in [1.54, 1.807) is 25.7 Å². The molecule has 1 unspecified atom stereocenters. The minimum atomic E-state index is 1.11. The first-order chi connectivity index (χ1) is 5.95. The minimum absolute atomic E-state index is 1.11. The largest absolute Gasteiger partial charge is 0.0530 e. The van der Waals surface area contributed by atoms with Crippen molar-refractivity contribution in [3.8, 4) is 0 Å². The summed E-state index contributed by atoms with van der Waals surface area (Å²) in [6.07, 6.45) is 12.3. The van der Waals surface area contributed by atoms with Crippen molar-refractivity contribution in [2.45, 2.75) is 51.4 Å². The highest BCUT2D eigenvalue weighted by atomic mass is 14.5. The molecule has 12 heavy (non-hydrogen) atoms. The van der Waals surface area contributed by atoms with Gasteiger partial charge in [0.25, 0.3) is 0 Å². The van der Waals surface area contributed by atoms with Gasteiger partial charge in [-0.1, -0.05) is 32.1 Å². The van der Waals surface area contributed by atoms with Crippen LogP contribution < -0.4 is 0 Å². The number of hydrogen-bond acceptors (Lipinski definition) is 0. The molecular weight excluding hydrogens is 144 g/mol. The Hall–Kier alpha value is 0. The van der Waals surface area contributed by atoms with Crippen molar-refractivity contribution in [1.29, 1.82) is 0 Å². The molecule has 0 aromatic rings. The van der Waals surface area contributed by atoms with Crippen LogP contribution in [0, 0.1) is 23.7 Å². The maximum absolute atomic E-state index is 1.99. The Labute approximate surface area is 75.7 Å². The van der Waals surface area contributed by atoms with Gasteiger partial charge in [-0.2, -0.15) is 0 Å². The molecule has 0 heterocycles. The first-order valence-electron chi connectivity index (χ1n) is 5.81. The molecule has 1 atom stereocenters. The maximum atomic E-state index is 1.99. The smallest absolute Gasteiger partial charge is 0.0173 e. The molecule has 0 heteroatoms. The molecular formula is C12H19. The van der Waals surface area contributed by atoms with Crippen LogP contribution in [-0.4, -0.2) is 0 Å². The summed E-state index contributed by atoms with van der Waals surface area (Å²) >= 11 is 0. The lowest BCUT2D eigenvalue weighted by atomic mass is 9.79. The molecule has 1 radical (unpaired) electrons. The summed E-state index contributed by atoms with van der Waals surface area (Å²) in [5.74, 6) is 5.36. The van der Waals surface area contributed by atoms with Crippen molar-refractivity contribution in [3.05, 3.63) is 5.92 Å². The third kappa shape index (κ3) is 1.11. The van der Waals surface area contributed by atoms with Crippen LogP contribution in [0.1, 0.15) is 51.4 Å². The minimum Gasteiger partial charge on any atom is -0.0530 e. The normalized spacial score (nSPS) is 38.5. The van der Waals surface area contributed by atoms with Gasteiger partial charge in [0, 0.05) is 0 Å². The van der Waals surface area contributed by atoms with Gasteiger partial charge in [0.15, 0.2) is 0 Å². The van der Waals surface area contributed by atoms with Crippen LogP contribution in [-0.2, 0) is 0 Å². The van der Waals surface area contributed by atoms with Gasteiger partial charge in [-0.25, -0.2) is 0 Å². The Balaban J connectivity index is 1.53. The van der Waals surface area contributed by atoms with Gasteiger partial charge in [-0.15, -0.1) is 0 Å². The number of rotatable bonds is 2. The van der Waals surface area contributed by atoms with E-state index in [0.717, 1.165) is 17.8 Å². The van der Waals surface area contributed by atoms with Crippen molar-refractivity contribution in [3.63, 3.8) is 0 Å². The molecule has 0 aromatic heterocycles. The third-order valence-corrected chi connectivity index (χ3v) is 4.37. The molecule has 0 aliphatic heterocycles. The Morgan fingerprint density at radius 1 is 0.833 bits per heavy atom. The molecule has 3 aliphatic rings. The molecule has 3 aliphatic carbocycles. The van der Waals surface area contributed by atoms with Gasteiger partial charge in [0.1, 0.15) is 0 Å². The van der Waals surface area contributed by atoms with Gasteiger partial charge in [-0.05, 0) is 42.9 Å². The summed E-state index contributed by atoms with van der Waals surface area (Å²) in [6, 6.07) is 0. The summed E-state index contributed by atoms with van der Waals surface area (Å²) in [5.41, 5.74) is 0. The molecule has 0 N–H and O–H groups in total. The topological polar surface area (TPSA) is 0 Å². The fourth-order valence-corrected chi connectivity index (χ4v) is 3.27. The summed E-state index contributed by atoms with van der Waals surface area (Å²) in [4.78, 5) is 0. The highest BCUT2D eigenvalue weighted by Crippen LogP contribution is 2.59. The monoisotopic (exact) mass is 163 g/mol. The molecule has 3 rings (SSSR count). The molecule has 0 amide bonds. The first-order valence-corrected chi connectivity index (χ1v) is 5.81. The van der Waals surface area contributed by atoms with Gasteiger partial charge in [0.05, 0.1) is 0 Å². The molecule has 0 spiro atoms. The fraction of sp³-hybridized carbons (Fsp3) is 0.917. The second-order valence-electron chi connectivity index (χ2n) is 5.06. The van der Waals surface area contributed by atoms with Crippen LogP contribution in [0.3, 0.4) is 0 Å². The van der Waals surface area contributed by atoms with E-state index in [-0.39, 0.29) is 0 Å². The van der Waals surface area contributed by atoms with Crippen LogP contribution in [0.5, 0.6) is 0 Å². The lowest BCUT2D eigenvalue weighted by Gasteiger charge is -2.26. The number of hydrogen-bond donors (Lipinski definition) is 0. The molecule has 67 valence electrons. The molecule has 3 saturated carbocycles. The van der Waals surface area contributed by atoms with Crippen molar-refractivity contribution in [2.75, 3.05) is 0 Å². The van der Waals surface area contributed by atoms with Crippen LogP contribution >= 0.6 is 0 Å². The zero-order valence-corrected chi connectivity index (χ0v) is 7.89. The predicted molar refractivity (Wildman–Crippen MR) is 50.6 cm³/mol. The predicted octanol–water partition coefficient (Wildman–Crippen LogP) is 3.57. The zero-order chi connectivity index (χ0) is 7.97. The quantitative estimate of drug-likeness (QED) is 0.583. The van der Waals surface area contributed by atoms with Crippen molar-refractivity contribution in [2.24, 2.45) is 17.8 Å². The van der Waals surface area contributed by atoms with Crippen molar-refractivity contribution in [1.82, 2.24) is 0 Å².